The zero-order valence-corrected chi connectivity index (χ0v) is 10.2. The highest BCUT2D eigenvalue weighted by atomic mass is 15.1. The molecule has 0 heterocycles. The summed E-state index contributed by atoms with van der Waals surface area (Å²) in [5.74, 6) is 2.66. The van der Waals surface area contributed by atoms with Crippen LogP contribution in [0.5, 0.6) is 0 Å². The van der Waals surface area contributed by atoms with Gasteiger partial charge in [0.15, 0.2) is 0 Å². The van der Waals surface area contributed by atoms with Crippen molar-refractivity contribution in [3.05, 3.63) is 0 Å². The number of nitrogens with zero attached hydrogens (tertiary/aromatic N) is 1. The molecule has 0 saturated carbocycles. The Hall–Kier alpha value is -0.520. The Morgan fingerprint density at radius 3 is 2.43 bits per heavy atom. The maximum Gasteiger partial charge on any atom is 0.0598 e. The lowest BCUT2D eigenvalue weighted by molar-refractivity contribution is 0.265. The van der Waals surface area contributed by atoms with E-state index in [1.165, 1.54) is 0 Å². The van der Waals surface area contributed by atoms with Gasteiger partial charge in [-0.3, -0.25) is 4.90 Å². The first-order valence-electron chi connectivity index (χ1n) is 5.25. The Balaban J connectivity index is 3.64. The van der Waals surface area contributed by atoms with Crippen LogP contribution in [0.3, 0.4) is 0 Å². The van der Waals surface area contributed by atoms with Crippen LogP contribution in [0.15, 0.2) is 0 Å². The van der Waals surface area contributed by atoms with Crippen molar-refractivity contribution in [3.63, 3.8) is 0 Å². The van der Waals surface area contributed by atoms with Gasteiger partial charge in [0.1, 0.15) is 0 Å². The molecule has 2 heteroatoms. The molecule has 0 amide bonds. The fourth-order valence-corrected chi connectivity index (χ4v) is 1.18. The molecule has 0 aromatic rings. The summed E-state index contributed by atoms with van der Waals surface area (Å²) in [6.45, 7) is 10.5. The lowest BCUT2D eigenvalue weighted by Crippen LogP contribution is -2.39. The average molecular weight is 196 g/mol. The first-order chi connectivity index (χ1) is 6.37. The average Bonchev–Trinajstić information content (AvgIpc) is 2.02. The zero-order chi connectivity index (χ0) is 11.2. The molecule has 0 rings (SSSR count). The molecule has 82 valence electrons. The lowest BCUT2D eigenvalue weighted by atomic mass is 10.1. The van der Waals surface area contributed by atoms with E-state index in [0.717, 1.165) is 19.5 Å². The third-order valence-electron chi connectivity index (χ3n) is 2.31. The zero-order valence-electron chi connectivity index (χ0n) is 10.2. The fraction of sp³-hybridized carbons (Fsp3) is 0.833. The van der Waals surface area contributed by atoms with Gasteiger partial charge in [-0.1, -0.05) is 5.92 Å². The van der Waals surface area contributed by atoms with Gasteiger partial charge in [0.25, 0.3) is 0 Å². The molecule has 0 aliphatic carbocycles. The maximum absolute atomic E-state index is 5.26. The minimum absolute atomic E-state index is 0.213. The van der Waals surface area contributed by atoms with E-state index in [2.05, 4.69) is 50.9 Å². The Morgan fingerprint density at radius 2 is 2.00 bits per heavy atom. The van der Waals surface area contributed by atoms with Crippen LogP contribution in [0.2, 0.25) is 0 Å². The van der Waals surface area contributed by atoms with Crippen molar-refractivity contribution in [2.24, 2.45) is 0 Å². The Bertz CT molecular complexity index is 185. The lowest BCUT2D eigenvalue weighted by Gasteiger charge is -2.25. The third kappa shape index (κ3) is 6.94. The molecule has 2 nitrogen and oxygen atoms in total. The summed E-state index contributed by atoms with van der Waals surface area (Å²) in [4.78, 5) is 2.20. The van der Waals surface area contributed by atoms with Gasteiger partial charge in [0.05, 0.1) is 6.54 Å². The van der Waals surface area contributed by atoms with Crippen LogP contribution in [0.1, 0.15) is 34.1 Å². The Morgan fingerprint density at radius 1 is 1.43 bits per heavy atom. The van der Waals surface area contributed by atoms with E-state index in [1.54, 1.807) is 0 Å². The topological polar surface area (TPSA) is 15.3 Å². The normalized spacial score (nSPS) is 14.1. The van der Waals surface area contributed by atoms with E-state index in [9.17, 15) is 0 Å². The third-order valence-corrected chi connectivity index (χ3v) is 2.31. The number of rotatable bonds is 5. The van der Waals surface area contributed by atoms with Crippen molar-refractivity contribution in [1.82, 2.24) is 10.2 Å². The van der Waals surface area contributed by atoms with Gasteiger partial charge in [-0.05, 0) is 47.7 Å². The van der Waals surface area contributed by atoms with Gasteiger partial charge >= 0.3 is 0 Å². The van der Waals surface area contributed by atoms with Gasteiger partial charge in [0, 0.05) is 11.6 Å². The summed E-state index contributed by atoms with van der Waals surface area (Å²) in [6.07, 6.45) is 6.39. The van der Waals surface area contributed by atoms with E-state index >= 15 is 0 Å². The standard InChI is InChI=1S/C12H24N2/c1-7-10-14(6)11(2)8-9-13-12(3,4)5/h1,11,13H,8-10H2,2-6H3. The van der Waals surface area contributed by atoms with Crippen LogP contribution in [-0.2, 0) is 0 Å². The van der Waals surface area contributed by atoms with Gasteiger partial charge in [-0.15, -0.1) is 6.42 Å². The highest BCUT2D eigenvalue weighted by Crippen LogP contribution is 2.02. The van der Waals surface area contributed by atoms with Crippen molar-refractivity contribution in [2.75, 3.05) is 20.1 Å². The van der Waals surface area contributed by atoms with Crippen molar-refractivity contribution in [3.8, 4) is 12.3 Å². The largest absolute Gasteiger partial charge is 0.312 e. The molecule has 0 aliphatic heterocycles. The number of hydrogen-bond donors (Lipinski definition) is 1. The molecule has 0 aromatic heterocycles. The van der Waals surface area contributed by atoms with Gasteiger partial charge in [0.2, 0.25) is 0 Å². The molecule has 14 heavy (non-hydrogen) atoms. The summed E-state index contributed by atoms with van der Waals surface area (Å²) < 4.78 is 0. The molecule has 0 aromatic carbocycles. The molecule has 0 aliphatic rings. The van der Waals surface area contributed by atoms with Crippen molar-refractivity contribution in [2.45, 2.75) is 45.7 Å². The second-order valence-electron chi connectivity index (χ2n) is 4.93. The van der Waals surface area contributed by atoms with Crippen molar-refractivity contribution < 1.29 is 0 Å². The van der Waals surface area contributed by atoms with Crippen molar-refractivity contribution >= 4 is 0 Å². The second kappa shape index (κ2) is 6.06. The van der Waals surface area contributed by atoms with Gasteiger partial charge in [-0.2, -0.15) is 0 Å². The smallest absolute Gasteiger partial charge is 0.0598 e. The quantitative estimate of drug-likeness (QED) is 0.674. The van der Waals surface area contributed by atoms with E-state index < -0.39 is 0 Å². The van der Waals surface area contributed by atoms with Gasteiger partial charge in [-0.25, -0.2) is 0 Å². The van der Waals surface area contributed by atoms with Crippen LogP contribution in [0.4, 0.5) is 0 Å². The molecule has 0 fully saturated rings. The highest BCUT2D eigenvalue weighted by Gasteiger charge is 2.11. The number of terminal acetylenes is 1. The van der Waals surface area contributed by atoms with E-state index in [-0.39, 0.29) is 5.54 Å². The minimum Gasteiger partial charge on any atom is -0.312 e. The minimum atomic E-state index is 0.213. The van der Waals surface area contributed by atoms with E-state index in [4.69, 9.17) is 6.42 Å². The second-order valence-corrected chi connectivity index (χ2v) is 4.93. The first-order valence-corrected chi connectivity index (χ1v) is 5.25. The van der Waals surface area contributed by atoms with Crippen LogP contribution < -0.4 is 5.32 Å². The van der Waals surface area contributed by atoms with Crippen molar-refractivity contribution in [1.29, 1.82) is 0 Å². The number of nitrogens with one attached hydrogen (secondary N) is 1. The predicted octanol–water partition coefficient (Wildman–Crippen LogP) is 1.72. The molecule has 0 spiro atoms. The first kappa shape index (κ1) is 13.5. The molecular weight excluding hydrogens is 172 g/mol. The molecule has 1 N–H and O–H groups in total. The van der Waals surface area contributed by atoms with Crippen LogP contribution >= 0.6 is 0 Å². The molecule has 1 atom stereocenters. The van der Waals surface area contributed by atoms with Crippen LogP contribution in [0.25, 0.3) is 0 Å². The Kier molecular flexibility index (Phi) is 5.83. The maximum atomic E-state index is 5.26. The summed E-state index contributed by atoms with van der Waals surface area (Å²) in [6, 6.07) is 0.542. The summed E-state index contributed by atoms with van der Waals surface area (Å²) in [5.41, 5.74) is 0.213. The Labute approximate surface area is 89.1 Å². The van der Waals surface area contributed by atoms with Crippen LogP contribution in [0, 0.1) is 12.3 Å². The molecule has 0 radical (unpaired) electrons. The van der Waals surface area contributed by atoms with E-state index in [0.29, 0.717) is 6.04 Å². The summed E-state index contributed by atoms with van der Waals surface area (Å²) in [5, 5.41) is 3.47. The highest BCUT2D eigenvalue weighted by molar-refractivity contribution is 4.88. The van der Waals surface area contributed by atoms with E-state index in [1.807, 2.05) is 0 Å². The van der Waals surface area contributed by atoms with Gasteiger partial charge < -0.3 is 5.32 Å². The summed E-state index contributed by atoms with van der Waals surface area (Å²) in [7, 11) is 2.07. The monoisotopic (exact) mass is 196 g/mol. The van der Waals surface area contributed by atoms with Crippen LogP contribution in [-0.4, -0.2) is 36.6 Å². The predicted molar refractivity (Wildman–Crippen MR) is 63.3 cm³/mol. The molecular formula is C12H24N2. The molecule has 0 bridgehead atoms. The molecule has 0 saturated heterocycles. The molecule has 1 unspecified atom stereocenters. The fourth-order valence-electron chi connectivity index (χ4n) is 1.18. The summed E-state index contributed by atoms with van der Waals surface area (Å²) >= 11 is 0. The number of hydrogen-bond acceptors (Lipinski definition) is 2. The SMILES string of the molecule is C#CCN(C)C(C)CCNC(C)(C)C.